The number of rotatable bonds is 1. The second kappa shape index (κ2) is 4.30. The van der Waals surface area contributed by atoms with E-state index in [1.165, 1.54) is 0 Å². The Morgan fingerprint density at radius 2 is 2.14 bits per heavy atom. The second-order valence-corrected chi connectivity index (χ2v) is 0.617. The van der Waals surface area contributed by atoms with Crippen LogP contribution in [0.3, 0.4) is 0 Å². The third-order valence-electron chi connectivity index (χ3n) is 0.185. The third-order valence-corrected chi connectivity index (χ3v) is 0.185. The van der Waals surface area contributed by atoms with Crippen LogP contribution in [-0.4, -0.2) is 11.8 Å². The van der Waals surface area contributed by atoms with Gasteiger partial charge < -0.3 is 9.90 Å². The van der Waals surface area contributed by atoms with Crippen molar-refractivity contribution < 1.29 is 48.4 Å². The van der Waals surface area contributed by atoms with E-state index in [-0.39, 0.29) is 29.6 Å². The molecule has 0 unspecified atom stereocenters. The Bertz CT molecular complexity index is 152. The molecular weight excluding hydrogens is 108 g/mol. The predicted molar refractivity (Wildman–Crippen MR) is 15.7 cm³/mol. The first-order valence-electron chi connectivity index (χ1n) is 2.61. The van der Waals surface area contributed by atoms with Crippen molar-refractivity contribution in [2.45, 2.75) is 6.85 Å². The second-order valence-electron chi connectivity index (χ2n) is 0.617. The first kappa shape index (κ1) is 4.06. The van der Waals surface area contributed by atoms with Gasteiger partial charge in [-0.05, 0) is 0 Å². The van der Waals surface area contributed by atoms with Gasteiger partial charge in [0.15, 0.2) is 5.78 Å². The molecule has 0 spiro atoms. The van der Waals surface area contributed by atoms with E-state index in [9.17, 15) is 14.7 Å². The molecule has 0 bridgehead atoms. The largest absolute Gasteiger partial charge is 1.00 e. The topological polar surface area (TPSA) is 57.2 Å². The molecular formula is C3H3NaO3. The summed E-state index contributed by atoms with van der Waals surface area (Å²) < 4.78 is 18.7. The Morgan fingerprint density at radius 1 is 1.71 bits per heavy atom. The minimum atomic E-state index is -3.07. The van der Waals surface area contributed by atoms with Gasteiger partial charge in [0.25, 0.3) is 0 Å². The number of aliphatic carboxylic acids is 1. The van der Waals surface area contributed by atoms with Crippen molar-refractivity contribution in [2.24, 2.45) is 0 Å². The fraction of sp³-hybridized carbons (Fsp3) is 0.333. The van der Waals surface area contributed by atoms with Gasteiger partial charge in [0.05, 0.1) is 0 Å². The number of carbonyl (C=O) groups is 2. The Labute approximate surface area is 67.2 Å². The van der Waals surface area contributed by atoms with Gasteiger partial charge >= 0.3 is 29.6 Å². The monoisotopic (exact) mass is 114 g/mol. The summed E-state index contributed by atoms with van der Waals surface area (Å²) in [4.78, 5) is 19.5. The number of hydrogen-bond donors (Lipinski definition) is 0. The van der Waals surface area contributed by atoms with Crippen LogP contribution >= 0.6 is 0 Å². The standard InChI is InChI=1S/C3H4O3.Na/c1-2(4)3(5)6;/h1H3,(H,5,6);/q;+1/p-1/i1D3,2+1;. The molecule has 0 rings (SSSR count). The average molecular weight is 114 g/mol. The zero-order valence-corrected chi connectivity index (χ0v) is 5.72. The molecule has 0 amide bonds. The Morgan fingerprint density at radius 3 is 2.14 bits per heavy atom. The van der Waals surface area contributed by atoms with Gasteiger partial charge in [0.2, 0.25) is 0 Å². The Balaban J connectivity index is 0. The van der Waals surface area contributed by atoms with E-state index in [1.54, 1.807) is 0 Å². The maximum absolute atomic E-state index is 9.94. The molecule has 0 saturated heterocycles. The van der Waals surface area contributed by atoms with Gasteiger partial charge in [-0.1, -0.05) is 0 Å². The van der Waals surface area contributed by atoms with Gasteiger partial charge in [-0.2, -0.15) is 0 Å². The summed E-state index contributed by atoms with van der Waals surface area (Å²) in [5.41, 5.74) is 0. The normalized spacial score (nSPS) is 14.6. The molecule has 0 heterocycles. The molecule has 0 fully saturated rings. The minimum absolute atomic E-state index is 0. The van der Waals surface area contributed by atoms with E-state index in [1.807, 2.05) is 0 Å². The van der Waals surface area contributed by atoms with Crippen LogP contribution in [0.25, 0.3) is 0 Å². The van der Waals surface area contributed by atoms with Crippen molar-refractivity contribution >= 4 is 11.8 Å². The van der Waals surface area contributed by atoms with Crippen LogP contribution in [0.15, 0.2) is 0 Å². The van der Waals surface area contributed by atoms with E-state index in [0.29, 0.717) is 0 Å². The number of carbonyl (C=O) groups excluding carboxylic acids is 2. The van der Waals surface area contributed by atoms with Gasteiger partial charge in [0, 0.05) is 11.0 Å². The molecule has 4 heteroatoms. The van der Waals surface area contributed by atoms with Crippen molar-refractivity contribution in [1.29, 1.82) is 0 Å². The first-order chi connectivity index (χ1) is 3.85. The molecule has 0 aromatic heterocycles. The van der Waals surface area contributed by atoms with Crippen LogP contribution in [0.1, 0.15) is 11.0 Å². The smallest absolute Gasteiger partial charge is 0.542 e. The number of carboxylic acids is 1. The predicted octanol–water partition coefficient (Wildman–Crippen LogP) is -4.67. The summed E-state index contributed by atoms with van der Waals surface area (Å²) in [6, 6.07) is 0. The average Bonchev–Trinajstić information content (AvgIpc) is 1.62. The quantitative estimate of drug-likeness (QED) is 0.195. The van der Waals surface area contributed by atoms with Crippen LogP contribution in [0.4, 0.5) is 0 Å². The summed E-state index contributed by atoms with van der Waals surface area (Å²) in [5.74, 6) is -4.03. The van der Waals surface area contributed by atoms with E-state index in [4.69, 9.17) is 4.11 Å². The molecule has 0 N–H and O–H groups in total. The van der Waals surface area contributed by atoms with Gasteiger partial charge in [-0.25, -0.2) is 0 Å². The molecule has 3 nitrogen and oxygen atoms in total. The van der Waals surface area contributed by atoms with Crippen LogP contribution in [0, 0.1) is 0 Å². The number of ketones is 1. The number of carboxylic acid groups (broad SMARTS) is 1. The van der Waals surface area contributed by atoms with E-state index in [0.717, 1.165) is 0 Å². The third kappa shape index (κ3) is 6.14. The van der Waals surface area contributed by atoms with E-state index < -0.39 is 18.6 Å². The van der Waals surface area contributed by atoms with Crippen molar-refractivity contribution in [3.8, 4) is 0 Å². The summed E-state index contributed by atoms with van der Waals surface area (Å²) >= 11 is 0. The van der Waals surface area contributed by atoms with Gasteiger partial charge in [0.1, 0.15) is 5.97 Å². The minimum Gasteiger partial charge on any atom is -0.542 e. The van der Waals surface area contributed by atoms with Gasteiger partial charge in [-0.15, -0.1) is 0 Å². The maximum Gasteiger partial charge on any atom is 1.00 e. The van der Waals surface area contributed by atoms with Crippen molar-refractivity contribution in [2.75, 3.05) is 0 Å². The zero-order chi connectivity index (χ0) is 7.65. The summed E-state index contributed by atoms with van der Waals surface area (Å²) in [7, 11) is 0. The van der Waals surface area contributed by atoms with Crippen LogP contribution in [0.5, 0.6) is 0 Å². The molecule has 0 aromatic carbocycles. The molecule has 0 atom stereocenters. The summed E-state index contributed by atoms with van der Waals surface area (Å²) in [6.07, 6.45) is 0. The van der Waals surface area contributed by atoms with Gasteiger partial charge in [-0.3, -0.25) is 4.79 Å². The SMILES string of the molecule is [2H]C([2H])([2H])[13C](=O)C(=O)[O-].[Na+]. The van der Waals surface area contributed by atoms with Crippen LogP contribution in [-0.2, 0) is 9.59 Å². The molecule has 0 aliphatic carbocycles. The Hall–Kier alpha value is 0.140. The number of hydrogen-bond acceptors (Lipinski definition) is 3. The summed E-state index contributed by atoms with van der Waals surface area (Å²) in [6.45, 7) is -3.07. The van der Waals surface area contributed by atoms with E-state index >= 15 is 0 Å². The van der Waals surface area contributed by atoms with E-state index in [2.05, 4.69) is 0 Å². The van der Waals surface area contributed by atoms with Crippen molar-refractivity contribution in [1.82, 2.24) is 0 Å². The molecule has 0 aliphatic heterocycles. The van der Waals surface area contributed by atoms with Crippen LogP contribution in [0.2, 0.25) is 0 Å². The maximum atomic E-state index is 9.94. The Kier molecular flexibility index (Phi) is 2.50. The number of Topliss-reactive ketones (excluding diaryl/α,β-unsaturated/α-hetero) is 1. The van der Waals surface area contributed by atoms with Crippen molar-refractivity contribution in [3.63, 3.8) is 0 Å². The molecule has 7 heavy (non-hydrogen) atoms. The fourth-order valence-electron chi connectivity index (χ4n) is 0. The summed E-state index contributed by atoms with van der Waals surface area (Å²) in [5, 5.41) is 9.53. The van der Waals surface area contributed by atoms with Crippen LogP contribution < -0.4 is 34.7 Å². The van der Waals surface area contributed by atoms with Crippen molar-refractivity contribution in [3.05, 3.63) is 0 Å². The molecule has 0 radical (unpaired) electrons. The molecule has 34 valence electrons. The molecule has 0 saturated carbocycles. The molecule has 0 aromatic rings. The molecule has 0 aliphatic rings. The zero-order valence-electron chi connectivity index (χ0n) is 6.72. The fourth-order valence-corrected chi connectivity index (χ4v) is 0. The first-order valence-corrected chi connectivity index (χ1v) is 1.11.